The Morgan fingerprint density at radius 2 is 1.71 bits per heavy atom. The van der Waals surface area contributed by atoms with E-state index >= 15 is 0 Å². The Hall–Kier alpha value is -2.88. The summed E-state index contributed by atoms with van der Waals surface area (Å²) in [6.45, 7) is 1.99. The van der Waals surface area contributed by atoms with Crippen LogP contribution in [0.1, 0.15) is 93.1 Å². The number of nitrogens with one attached hydrogen (secondary N) is 2. The van der Waals surface area contributed by atoms with Gasteiger partial charge < -0.3 is 10.6 Å². The van der Waals surface area contributed by atoms with Crippen LogP contribution in [-0.4, -0.2) is 28.2 Å². The Kier molecular flexibility index (Phi) is 7.55. The van der Waals surface area contributed by atoms with E-state index in [1.165, 1.54) is 23.7 Å². The quantitative estimate of drug-likeness (QED) is 0.497. The van der Waals surface area contributed by atoms with Crippen LogP contribution in [0.2, 0.25) is 0 Å². The molecular weight excluding hydrogens is 434 g/mol. The van der Waals surface area contributed by atoms with Gasteiger partial charge in [-0.15, -0.1) is 6.42 Å². The number of nitrogens with zero attached hydrogens (tertiary/aromatic N) is 2. The van der Waals surface area contributed by atoms with Crippen molar-refractivity contribution in [2.24, 2.45) is 5.41 Å². The summed E-state index contributed by atoms with van der Waals surface area (Å²) in [5.74, 6) is 2.52. The van der Waals surface area contributed by atoms with E-state index in [1.807, 2.05) is 6.92 Å². The van der Waals surface area contributed by atoms with Gasteiger partial charge in [-0.2, -0.15) is 5.10 Å². The number of carbonyl (C=O) groups is 1. The summed E-state index contributed by atoms with van der Waals surface area (Å²) in [7, 11) is 0. The molecule has 2 aromatic rings. The molecule has 2 aliphatic rings. The van der Waals surface area contributed by atoms with Crippen molar-refractivity contribution >= 4 is 17.4 Å². The molecule has 0 bridgehead atoms. The normalized spacial score (nSPS) is 22.8. The van der Waals surface area contributed by atoms with E-state index in [1.54, 1.807) is 24.3 Å². The Bertz CT molecular complexity index is 1010. The monoisotopic (exact) mass is 468 g/mol. The van der Waals surface area contributed by atoms with Crippen LogP contribution in [0.5, 0.6) is 0 Å². The van der Waals surface area contributed by atoms with Gasteiger partial charge in [0.15, 0.2) is 0 Å². The van der Waals surface area contributed by atoms with Crippen molar-refractivity contribution in [1.29, 1.82) is 0 Å². The highest BCUT2D eigenvalue weighted by atomic mass is 19.3. The molecule has 1 aromatic carbocycles. The number of benzene rings is 1. The molecule has 2 unspecified atom stereocenters. The molecule has 182 valence electrons. The summed E-state index contributed by atoms with van der Waals surface area (Å²) >= 11 is 0. The van der Waals surface area contributed by atoms with Gasteiger partial charge in [0.05, 0.1) is 6.20 Å². The predicted octanol–water partition coefficient (Wildman–Crippen LogP) is 6.64. The maximum Gasteiger partial charge on any atom is 0.261 e. The summed E-state index contributed by atoms with van der Waals surface area (Å²) in [5.41, 5.74) is 0.960. The van der Waals surface area contributed by atoms with E-state index in [4.69, 9.17) is 6.42 Å². The molecule has 4 rings (SSSR count). The average molecular weight is 469 g/mol. The zero-order valence-electron chi connectivity index (χ0n) is 19.8. The van der Waals surface area contributed by atoms with Gasteiger partial charge in [0, 0.05) is 22.7 Å². The van der Waals surface area contributed by atoms with Crippen molar-refractivity contribution in [2.45, 2.75) is 89.6 Å². The Labute approximate surface area is 200 Å². The Balaban J connectivity index is 1.63. The molecule has 1 aromatic heterocycles. The number of carbonyl (C=O) groups excluding carboxylic acids is 1. The lowest BCUT2D eigenvalue weighted by Gasteiger charge is -2.49. The molecule has 1 fully saturated rings. The molecule has 5 nitrogen and oxygen atoms in total. The lowest BCUT2D eigenvalue weighted by atomic mass is 9.66. The van der Waals surface area contributed by atoms with Gasteiger partial charge in [0.2, 0.25) is 0 Å². The molecule has 1 amide bonds. The zero-order valence-corrected chi connectivity index (χ0v) is 19.8. The molecule has 0 radical (unpaired) electrons. The van der Waals surface area contributed by atoms with Crippen LogP contribution in [0, 0.1) is 17.8 Å². The SMILES string of the molecule is C#Cc1ccc(NC(=O)c2cnn3c2NC(C)C2(CCCCCCCCCC2)C3C(F)F)cc1. The molecule has 2 heterocycles. The molecule has 0 saturated heterocycles. The molecule has 1 spiro atoms. The summed E-state index contributed by atoms with van der Waals surface area (Å²) in [6.07, 6.45) is 14.5. The number of aromatic nitrogens is 2. The first-order valence-corrected chi connectivity index (χ1v) is 12.5. The van der Waals surface area contributed by atoms with Crippen molar-refractivity contribution in [3.63, 3.8) is 0 Å². The van der Waals surface area contributed by atoms with Crippen molar-refractivity contribution in [3.05, 3.63) is 41.6 Å². The highest BCUT2D eigenvalue weighted by molar-refractivity contribution is 6.07. The first kappa shape index (κ1) is 24.3. The topological polar surface area (TPSA) is 59.0 Å². The van der Waals surface area contributed by atoms with Crippen molar-refractivity contribution in [3.8, 4) is 12.3 Å². The minimum absolute atomic E-state index is 0.196. The molecule has 2 N–H and O–H groups in total. The van der Waals surface area contributed by atoms with E-state index in [2.05, 4.69) is 21.7 Å². The number of halogens is 2. The number of anilines is 2. The van der Waals surface area contributed by atoms with Crippen molar-refractivity contribution in [1.82, 2.24) is 9.78 Å². The average Bonchev–Trinajstić information content (AvgIpc) is 3.21. The minimum Gasteiger partial charge on any atom is -0.367 e. The third-order valence-electron chi connectivity index (χ3n) is 7.69. The third-order valence-corrected chi connectivity index (χ3v) is 7.69. The Morgan fingerprint density at radius 1 is 1.12 bits per heavy atom. The fraction of sp³-hybridized carbons (Fsp3) is 0.556. The summed E-state index contributed by atoms with van der Waals surface area (Å²) in [5, 5.41) is 10.6. The van der Waals surface area contributed by atoms with E-state index in [0.29, 0.717) is 17.1 Å². The molecule has 1 aliphatic heterocycles. The largest absolute Gasteiger partial charge is 0.367 e. The fourth-order valence-electron chi connectivity index (χ4n) is 5.76. The standard InChI is InChI=1S/C27H34F2N4O/c1-3-20-12-14-21(15-13-20)32-26(34)22-18-30-33-23(24(28)29)27(19(2)31-25(22)33)16-10-8-6-4-5-7-9-11-17-27/h1,12-15,18-19,23-24,31H,4-11,16-17H2,2H3,(H,32,34). The summed E-state index contributed by atoms with van der Waals surface area (Å²) in [4.78, 5) is 13.0. The van der Waals surface area contributed by atoms with Gasteiger partial charge >= 0.3 is 0 Å². The van der Waals surface area contributed by atoms with Gasteiger partial charge in [0.1, 0.15) is 17.4 Å². The van der Waals surface area contributed by atoms with Gasteiger partial charge in [0.25, 0.3) is 12.3 Å². The number of fused-ring (bicyclic) bond motifs is 1. The smallest absolute Gasteiger partial charge is 0.261 e. The highest BCUT2D eigenvalue weighted by Crippen LogP contribution is 2.52. The minimum atomic E-state index is -2.57. The number of amides is 1. The number of terminal acetylenes is 1. The lowest BCUT2D eigenvalue weighted by Crippen LogP contribution is -2.52. The van der Waals surface area contributed by atoms with Gasteiger partial charge in [-0.05, 0) is 44.0 Å². The van der Waals surface area contributed by atoms with E-state index in [0.717, 1.165) is 51.4 Å². The van der Waals surface area contributed by atoms with E-state index in [-0.39, 0.29) is 17.5 Å². The number of hydrogen-bond donors (Lipinski definition) is 2. The molecule has 1 aliphatic carbocycles. The molecule has 1 saturated carbocycles. The van der Waals surface area contributed by atoms with Crippen LogP contribution >= 0.6 is 0 Å². The van der Waals surface area contributed by atoms with Gasteiger partial charge in [-0.25, -0.2) is 13.5 Å². The first-order chi connectivity index (χ1) is 16.5. The second kappa shape index (κ2) is 10.6. The maximum absolute atomic E-state index is 14.7. The van der Waals surface area contributed by atoms with Gasteiger partial charge in [-0.1, -0.05) is 57.3 Å². The third kappa shape index (κ3) is 4.82. The second-order valence-corrected chi connectivity index (χ2v) is 9.73. The zero-order chi connectivity index (χ0) is 24.1. The van der Waals surface area contributed by atoms with Crippen LogP contribution in [-0.2, 0) is 0 Å². The van der Waals surface area contributed by atoms with E-state index in [9.17, 15) is 13.6 Å². The van der Waals surface area contributed by atoms with Crippen molar-refractivity contribution in [2.75, 3.05) is 10.6 Å². The molecule has 34 heavy (non-hydrogen) atoms. The van der Waals surface area contributed by atoms with Crippen molar-refractivity contribution < 1.29 is 13.6 Å². The van der Waals surface area contributed by atoms with E-state index < -0.39 is 17.9 Å². The number of hydrogen-bond acceptors (Lipinski definition) is 3. The van der Waals surface area contributed by atoms with Crippen LogP contribution < -0.4 is 10.6 Å². The fourth-order valence-corrected chi connectivity index (χ4v) is 5.76. The number of rotatable bonds is 3. The highest BCUT2D eigenvalue weighted by Gasteiger charge is 2.52. The van der Waals surface area contributed by atoms with Crippen LogP contribution in [0.4, 0.5) is 20.3 Å². The molecular formula is C27H34F2N4O. The maximum atomic E-state index is 14.7. The number of alkyl halides is 2. The van der Waals surface area contributed by atoms with Gasteiger partial charge in [-0.3, -0.25) is 4.79 Å². The molecule has 2 atom stereocenters. The summed E-state index contributed by atoms with van der Waals surface area (Å²) in [6, 6.07) is 5.66. The summed E-state index contributed by atoms with van der Waals surface area (Å²) < 4.78 is 30.8. The van der Waals surface area contributed by atoms with Crippen LogP contribution in [0.3, 0.4) is 0 Å². The first-order valence-electron chi connectivity index (χ1n) is 12.5. The second-order valence-electron chi connectivity index (χ2n) is 9.73. The lowest BCUT2D eigenvalue weighted by molar-refractivity contribution is -0.0324. The Morgan fingerprint density at radius 3 is 2.26 bits per heavy atom. The van der Waals surface area contributed by atoms with Crippen LogP contribution in [0.15, 0.2) is 30.5 Å². The molecule has 7 heteroatoms. The predicted molar refractivity (Wildman–Crippen MR) is 131 cm³/mol. The van der Waals surface area contributed by atoms with Crippen LogP contribution in [0.25, 0.3) is 0 Å².